The molecule has 0 fully saturated rings. The van der Waals surface area contributed by atoms with Gasteiger partial charge >= 0.3 is 0 Å². The highest BCUT2D eigenvalue weighted by Gasteiger charge is 2.35. The van der Waals surface area contributed by atoms with Crippen LogP contribution in [0.2, 0.25) is 0 Å². The standard InChI is InChI=1S/C8H13F2IO/c1-2-3-5-8(9,10)7(12)4-6-11/h4,6-7,12H,2-3,5H2,1H3/b6-4+/t7-/m0/s1. The number of unbranched alkanes of at least 4 members (excludes halogenated alkanes) is 1. The van der Waals surface area contributed by atoms with Crippen molar-refractivity contribution >= 4 is 22.6 Å². The molecule has 0 saturated carbocycles. The second kappa shape index (κ2) is 5.85. The molecule has 0 rings (SSSR count). The SMILES string of the molecule is CCCCC(F)(F)[C@@H](O)/C=C/I. The molecule has 0 radical (unpaired) electrons. The first kappa shape index (κ1) is 12.3. The van der Waals surface area contributed by atoms with Gasteiger partial charge in [-0.1, -0.05) is 35.9 Å². The smallest absolute Gasteiger partial charge is 0.277 e. The largest absolute Gasteiger partial charge is 0.383 e. The van der Waals surface area contributed by atoms with E-state index in [1.807, 2.05) is 6.92 Å². The van der Waals surface area contributed by atoms with Crippen molar-refractivity contribution in [1.82, 2.24) is 0 Å². The van der Waals surface area contributed by atoms with E-state index in [4.69, 9.17) is 5.11 Å². The van der Waals surface area contributed by atoms with Crippen LogP contribution in [0.3, 0.4) is 0 Å². The predicted octanol–water partition coefficient (Wildman–Crippen LogP) is 3.12. The first-order valence-corrected chi connectivity index (χ1v) is 5.12. The third kappa shape index (κ3) is 4.35. The van der Waals surface area contributed by atoms with Crippen LogP contribution in [0.15, 0.2) is 10.2 Å². The number of hydrogen-bond donors (Lipinski definition) is 1. The van der Waals surface area contributed by atoms with Gasteiger partial charge in [0, 0.05) is 6.42 Å². The molecule has 0 aliphatic carbocycles. The highest BCUT2D eigenvalue weighted by atomic mass is 127. The van der Waals surface area contributed by atoms with Crippen LogP contribution in [0, 0.1) is 0 Å². The molecule has 1 nitrogen and oxygen atoms in total. The molecule has 0 aliphatic rings. The average Bonchev–Trinajstić information content (AvgIpc) is 2.01. The topological polar surface area (TPSA) is 20.2 Å². The van der Waals surface area contributed by atoms with Crippen LogP contribution < -0.4 is 0 Å². The molecular weight excluding hydrogens is 277 g/mol. The van der Waals surface area contributed by atoms with Crippen molar-refractivity contribution in [2.45, 2.75) is 38.2 Å². The van der Waals surface area contributed by atoms with Crippen molar-refractivity contribution in [3.05, 3.63) is 10.2 Å². The number of aliphatic hydroxyl groups excluding tert-OH is 1. The highest BCUT2D eigenvalue weighted by Crippen LogP contribution is 2.26. The summed E-state index contributed by atoms with van der Waals surface area (Å²) in [5, 5.41) is 8.96. The minimum absolute atomic E-state index is 0.244. The lowest BCUT2D eigenvalue weighted by molar-refractivity contribution is -0.0927. The van der Waals surface area contributed by atoms with E-state index < -0.39 is 12.0 Å². The number of hydrogen-bond acceptors (Lipinski definition) is 1. The van der Waals surface area contributed by atoms with Gasteiger partial charge in [0.1, 0.15) is 6.10 Å². The van der Waals surface area contributed by atoms with Gasteiger partial charge in [0.2, 0.25) is 0 Å². The summed E-state index contributed by atoms with van der Waals surface area (Å²) in [6, 6.07) is 0. The lowest BCUT2D eigenvalue weighted by Gasteiger charge is -2.19. The Kier molecular flexibility index (Phi) is 6.00. The van der Waals surface area contributed by atoms with Crippen LogP contribution in [0.4, 0.5) is 8.78 Å². The molecule has 0 aromatic carbocycles. The fourth-order valence-corrected chi connectivity index (χ4v) is 1.16. The fraction of sp³-hybridized carbons (Fsp3) is 0.750. The summed E-state index contributed by atoms with van der Waals surface area (Å²) in [5.74, 6) is -2.97. The Bertz CT molecular complexity index is 148. The lowest BCUT2D eigenvalue weighted by Crippen LogP contribution is -2.31. The number of aliphatic hydroxyl groups is 1. The Morgan fingerprint density at radius 3 is 2.58 bits per heavy atom. The fourth-order valence-electron chi connectivity index (χ4n) is 0.770. The summed E-state index contributed by atoms with van der Waals surface area (Å²) in [7, 11) is 0. The maximum atomic E-state index is 12.9. The zero-order valence-electron chi connectivity index (χ0n) is 6.93. The first-order valence-electron chi connectivity index (χ1n) is 3.87. The van der Waals surface area contributed by atoms with Crippen molar-refractivity contribution in [2.75, 3.05) is 0 Å². The molecule has 72 valence electrons. The van der Waals surface area contributed by atoms with Crippen LogP contribution in [-0.4, -0.2) is 17.1 Å². The molecule has 0 aromatic rings. The normalized spacial score (nSPS) is 15.4. The van der Waals surface area contributed by atoms with E-state index in [-0.39, 0.29) is 6.42 Å². The molecule has 0 bridgehead atoms. The van der Waals surface area contributed by atoms with E-state index in [1.54, 1.807) is 22.6 Å². The van der Waals surface area contributed by atoms with E-state index in [1.165, 1.54) is 4.08 Å². The van der Waals surface area contributed by atoms with Crippen molar-refractivity contribution in [2.24, 2.45) is 0 Å². The number of rotatable bonds is 5. The minimum Gasteiger partial charge on any atom is -0.383 e. The second-order valence-electron chi connectivity index (χ2n) is 2.63. The van der Waals surface area contributed by atoms with Crippen LogP contribution >= 0.6 is 22.6 Å². The molecule has 0 unspecified atom stereocenters. The summed E-state index contributed by atoms with van der Waals surface area (Å²) in [6.07, 6.45) is 0.387. The van der Waals surface area contributed by atoms with Gasteiger partial charge in [0.15, 0.2) is 0 Å². The van der Waals surface area contributed by atoms with Crippen LogP contribution in [-0.2, 0) is 0 Å². The van der Waals surface area contributed by atoms with Gasteiger partial charge in [0.25, 0.3) is 5.92 Å². The van der Waals surface area contributed by atoms with Crippen molar-refractivity contribution in [3.8, 4) is 0 Å². The highest BCUT2D eigenvalue weighted by molar-refractivity contribution is 14.1. The number of alkyl halides is 2. The monoisotopic (exact) mass is 290 g/mol. The quantitative estimate of drug-likeness (QED) is 0.771. The lowest BCUT2D eigenvalue weighted by atomic mass is 10.1. The molecule has 4 heteroatoms. The molecule has 0 saturated heterocycles. The van der Waals surface area contributed by atoms with Crippen molar-refractivity contribution in [1.29, 1.82) is 0 Å². The molecule has 12 heavy (non-hydrogen) atoms. The van der Waals surface area contributed by atoms with Gasteiger partial charge in [0.05, 0.1) is 0 Å². The summed E-state index contributed by atoms with van der Waals surface area (Å²) in [4.78, 5) is 0. The predicted molar refractivity (Wildman–Crippen MR) is 53.6 cm³/mol. The molecule has 0 amide bonds. The molecule has 1 atom stereocenters. The number of halogens is 3. The van der Waals surface area contributed by atoms with Gasteiger partial charge in [-0.25, -0.2) is 8.78 Å². The molecule has 0 heterocycles. The Morgan fingerprint density at radius 1 is 1.58 bits per heavy atom. The Labute approximate surface area is 85.0 Å². The van der Waals surface area contributed by atoms with Gasteiger partial charge in [-0.3, -0.25) is 0 Å². The van der Waals surface area contributed by atoms with Gasteiger partial charge in [-0.05, 0) is 16.6 Å². The molecule has 0 aromatic heterocycles. The van der Waals surface area contributed by atoms with Crippen molar-refractivity contribution < 1.29 is 13.9 Å². The molecule has 1 N–H and O–H groups in total. The zero-order chi connectivity index (χ0) is 9.61. The molecule has 0 spiro atoms. The van der Waals surface area contributed by atoms with Crippen LogP contribution in [0.25, 0.3) is 0 Å². The maximum absolute atomic E-state index is 12.9. The second-order valence-corrected chi connectivity index (χ2v) is 3.35. The van der Waals surface area contributed by atoms with Crippen molar-refractivity contribution in [3.63, 3.8) is 0 Å². The third-order valence-electron chi connectivity index (χ3n) is 1.55. The van der Waals surface area contributed by atoms with E-state index in [9.17, 15) is 8.78 Å². The van der Waals surface area contributed by atoms with Gasteiger partial charge in [-0.2, -0.15) is 0 Å². The maximum Gasteiger partial charge on any atom is 0.277 e. The zero-order valence-corrected chi connectivity index (χ0v) is 9.09. The van der Waals surface area contributed by atoms with E-state index in [0.29, 0.717) is 6.42 Å². The Balaban J connectivity index is 3.98. The third-order valence-corrected chi connectivity index (χ3v) is 1.97. The van der Waals surface area contributed by atoms with E-state index in [2.05, 4.69) is 0 Å². The summed E-state index contributed by atoms with van der Waals surface area (Å²) in [5.41, 5.74) is 0. The van der Waals surface area contributed by atoms with Crippen LogP contribution in [0.5, 0.6) is 0 Å². The van der Waals surface area contributed by atoms with E-state index >= 15 is 0 Å². The molecular formula is C8H13F2IO. The molecule has 0 aliphatic heterocycles. The average molecular weight is 290 g/mol. The Morgan fingerprint density at radius 2 is 2.17 bits per heavy atom. The van der Waals surface area contributed by atoms with E-state index in [0.717, 1.165) is 12.5 Å². The van der Waals surface area contributed by atoms with Crippen LogP contribution in [0.1, 0.15) is 26.2 Å². The van der Waals surface area contributed by atoms with Gasteiger partial charge < -0.3 is 5.11 Å². The Hall–Kier alpha value is 0.290. The minimum atomic E-state index is -2.97. The van der Waals surface area contributed by atoms with Gasteiger partial charge in [-0.15, -0.1) is 0 Å². The first-order chi connectivity index (χ1) is 5.54. The summed E-state index contributed by atoms with van der Waals surface area (Å²) in [6.45, 7) is 1.84. The summed E-state index contributed by atoms with van der Waals surface area (Å²) < 4.78 is 27.2. The summed E-state index contributed by atoms with van der Waals surface area (Å²) >= 11 is 1.81.